The minimum Gasteiger partial charge on any atom is -0.322 e. The topological polar surface area (TPSA) is 69.7 Å². The first-order valence-electron chi connectivity index (χ1n) is 8.74. The van der Waals surface area contributed by atoms with Gasteiger partial charge >= 0.3 is 0 Å². The summed E-state index contributed by atoms with van der Waals surface area (Å²) in [6.45, 7) is 3.96. The summed E-state index contributed by atoms with van der Waals surface area (Å²) >= 11 is 12.1. The molecule has 0 unspecified atom stereocenters. The molecule has 0 spiro atoms. The fourth-order valence-corrected chi connectivity index (χ4v) is 4.85. The molecule has 2 aromatic carbocycles. The number of likely N-dealkylation sites (N-methyl/N-ethyl adjacent to an activating group) is 1. The smallest absolute Gasteiger partial charge is 0.257 e. The monoisotopic (exact) mass is 441 g/mol. The zero-order valence-electron chi connectivity index (χ0n) is 15.6. The molecule has 1 N–H and O–H groups in total. The van der Waals surface area contributed by atoms with Crippen LogP contribution in [0.25, 0.3) is 0 Å². The van der Waals surface area contributed by atoms with Crippen molar-refractivity contribution in [1.29, 1.82) is 0 Å². The van der Waals surface area contributed by atoms with E-state index in [2.05, 4.69) is 10.2 Å². The van der Waals surface area contributed by atoms with Crippen LogP contribution in [-0.2, 0) is 10.0 Å². The Balaban J connectivity index is 1.87. The Hall–Kier alpha value is -1.64. The van der Waals surface area contributed by atoms with Gasteiger partial charge < -0.3 is 10.2 Å². The van der Waals surface area contributed by atoms with Gasteiger partial charge in [0.25, 0.3) is 5.91 Å². The molecule has 6 nitrogen and oxygen atoms in total. The van der Waals surface area contributed by atoms with E-state index in [0.29, 0.717) is 36.9 Å². The summed E-state index contributed by atoms with van der Waals surface area (Å²) in [6, 6.07) is 9.28. The van der Waals surface area contributed by atoms with Crippen LogP contribution in [0.4, 0.5) is 5.69 Å². The molecule has 1 fully saturated rings. The fourth-order valence-electron chi connectivity index (χ4n) is 2.97. The number of hydrogen-bond acceptors (Lipinski definition) is 4. The molecule has 0 bridgehead atoms. The Morgan fingerprint density at radius 3 is 2.36 bits per heavy atom. The third-order valence-corrected chi connectivity index (χ3v) is 7.18. The maximum atomic E-state index is 12.9. The normalized spacial score (nSPS) is 16.1. The molecule has 0 saturated carbocycles. The summed E-state index contributed by atoms with van der Waals surface area (Å²) in [5.41, 5.74) is 1.47. The third-order valence-electron chi connectivity index (χ3n) is 4.72. The van der Waals surface area contributed by atoms with Crippen molar-refractivity contribution in [3.8, 4) is 0 Å². The Labute approximate surface area is 175 Å². The van der Waals surface area contributed by atoms with Crippen molar-refractivity contribution in [1.82, 2.24) is 9.21 Å². The number of aryl methyl sites for hydroxylation is 1. The van der Waals surface area contributed by atoms with Gasteiger partial charge in [-0.05, 0) is 55.9 Å². The first-order chi connectivity index (χ1) is 13.2. The molecular weight excluding hydrogens is 421 g/mol. The molecule has 9 heteroatoms. The molecule has 28 heavy (non-hydrogen) atoms. The van der Waals surface area contributed by atoms with E-state index >= 15 is 0 Å². The minimum absolute atomic E-state index is 0.0550. The average molecular weight is 442 g/mol. The average Bonchev–Trinajstić information content (AvgIpc) is 2.64. The highest BCUT2D eigenvalue weighted by Crippen LogP contribution is 2.26. The lowest BCUT2D eigenvalue weighted by atomic mass is 10.1. The number of piperazine rings is 1. The molecular formula is C19H21Cl2N3O3S. The summed E-state index contributed by atoms with van der Waals surface area (Å²) < 4.78 is 27.3. The van der Waals surface area contributed by atoms with E-state index in [-0.39, 0.29) is 15.5 Å². The number of nitrogens with one attached hydrogen (secondary N) is 1. The van der Waals surface area contributed by atoms with Gasteiger partial charge in [0.15, 0.2) is 0 Å². The Morgan fingerprint density at radius 1 is 1.04 bits per heavy atom. The van der Waals surface area contributed by atoms with Crippen molar-refractivity contribution in [2.75, 3.05) is 38.5 Å². The summed E-state index contributed by atoms with van der Waals surface area (Å²) in [7, 11) is -1.74. The van der Waals surface area contributed by atoms with Gasteiger partial charge in [0.05, 0.1) is 15.5 Å². The molecule has 0 atom stereocenters. The van der Waals surface area contributed by atoms with E-state index in [1.54, 1.807) is 18.2 Å². The number of hydrogen-bond donors (Lipinski definition) is 1. The highest BCUT2D eigenvalue weighted by molar-refractivity contribution is 7.89. The number of anilines is 1. The predicted octanol–water partition coefficient (Wildman–Crippen LogP) is 3.49. The lowest BCUT2D eigenvalue weighted by Crippen LogP contribution is -2.47. The van der Waals surface area contributed by atoms with Crippen LogP contribution in [0, 0.1) is 6.92 Å². The quantitative estimate of drug-likeness (QED) is 0.787. The second-order valence-corrected chi connectivity index (χ2v) is 9.54. The van der Waals surface area contributed by atoms with Gasteiger partial charge in [-0.15, -0.1) is 0 Å². The number of amides is 1. The van der Waals surface area contributed by atoms with Crippen molar-refractivity contribution in [3.63, 3.8) is 0 Å². The van der Waals surface area contributed by atoms with Crippen molar-refractivity contribution < 1.29 is 13.2 Å². The van der Waals surface area contributed by atoms with Gasteiger partial charge in [-0.1, -0.05) is 23.2 Å². The van der Waals surface area contributed by atoms with Gasteiger partial charge in [-0.25, -0.2) is 8.42 Å². The van der Waals surface area contributed by atoms with E-state index in [9.17, 15) is 13.2 Å². The van der Waals surface area contributed by atoms with Gasteiger partial charge in [0.2, 0.25) is 10.0 Å². The van der Waals surface area contributed by atoms with Gasteiger partial charge in [0.1, 0.15) is 0 Å². The Kier molecular flexibility index (Phi) is 6.31. The summed E-state index contributed by atoms with van der Waals surface area (Å²) in [6.07, 6.45) is 0. The summed E-state index contributed by atoms with van der Waals surface area (Å²) in [4.78, 5) is 14.9. The third kappa shape index (κ3) is 4.50. The van der Waals surface area contributed by atoms with Crippen LogP contribution in [-0.4, -0.2) is 56.8 Å². The molecule has 0 aliphatic carbocycles. The number of sulfonamides is 1. The molecule has 2 aromatic rings. The van der Waals surface area contributed by atoms with E-state index in [1.807, 2.05) is 14.0 Å². The second-order valence-electron chi connectivity index (χ2n) is 6.76. The SMILES string of the molecule is Cc1cc(Cl)ccc1NC(=O)c1cc(S(=O)(=O)N2CCN(C)CC2)ccc1Cl. The summed E-state index contributed by atoms with van der Waals surface area (Å²) in [5.74, 6) is -0.481. The van der Waals surface area contributed by atoms with Crippen molar-refractivity contribution >= 4 is 44.8 Å². The van der Waals surface area contributed by atoms with Crippen LogP contribution >= 0.6 is 23.2 Å². The standard InChI is InChI=1S/C19H21Cl2N3O3S/c1-13-11-14(20)3-6-18(13)22-19(25)16-12-15(4-5-17(16)21)28(26,27)24-9-7-23(2)8-10-24/h3-6,11-12H,7-10H2,1-2H3,(H,22,25). The van der Waals surface area contributed by atoms with Gasteiger partial charge in [-0.3, -0.25) is 4.79 Å². The fraction of sp³-hybridized carbons (Fsp3) is 0.316. The molecule has 3 rings (SSSR count). The van der Waals surface area contributed by atoms with Crippen molar-refractivity contribution in [2.45, 2.75) is 11.8 Å². The van der Waals surface area contributed by atoms with Crippen molar-refractivity contribution in [2.24, 2.45) is 0 Å². The first kappa shape index (κ1) is 21.1. The lowest BCUT2D eigenvalue weighted by molar-refractivity contribution is 0.102. The lowest BCUT2D eigenvalue weighted by Gasteiger charge is -2.31. The van der Waals surface area contributed by atoms with E-state index in [4.69, 9.17) is 23.2 Å². The zero-order valence-corrected chi connectivity index (χ0v) is 17.9. The molecule has 1 amide bonds. The Morgan fingerprint density at radius 2 is 1.71 bits per heavy atom. The van der Waals surface area contributed by atoms with Crippen LogP contribution in [0.15, 0.2) is 41.3 Å². The molecule has 1 saturated heterocycles. The molecule has 150 valence electrons. The minimum atomic E-state index is -3.69. The van der Waals surface area contributed by atoms with E-state index in [0.717, 1.165) is 5.56 Å². The molecule has 0 radical (unpaired) electrons. The highest BCUT2D eigenvalue weighted by Gasteiger charge is 2.28. The Bertz CT molecular complexity index is 1000. The van der Waals surface area contributed by atoms with Crippen molar-refractivity contribution in [3.05, 3.63) is 57.6 Å². The zero-order chi connectivity index (χ0) is 20.5. The maximum Gasteiger partial charge on any atom is 0.257 e. The number of benzene rings is 2. The van der Waals surface area contributed by atoms with Crippen LogP contribution in [0.3, 0.4) is 0 Å². The predicted molar refractivity (Wildman–Crippen MR) is 112 cm³/mol. The van der Waals surface area contributed by atoms with E-state index < -0.39 is 15.9 Å². The first-order valence-corrected chi connectivity index (χ1v) is 10.9. The number of nitrogens with zero attached hydrogens (tertiary/aromatic N) is 2. The largest absolute Gasteiger partial charge is 0.322 e. The van der Waals surface area contributed by atoms with Crippen LogP contribution in [0.2, 0.25) is 10.0 Å². The molecule has 1 heterocycles. The number of halogens is 2. The van der Waals surface area contributed by atoms with Gasteiger partial charge in [0, 0.05) is 36.9 Å². The number of rotatable bonds is 4. The molecule has 0 aromatic heterocycles. The molecule has 1 aliphatic heterocycles. The van der Waals surface area contributed by atoms with Crippen LogP contribution in [0.5, 0.6) is 0 Å². The summed E-state index contributed by atoms with van der Waals surface area (Å²) in [5, 5.41) is 3.51. The van der Waals surface area contributed by atoms with E-state index in [1.165, 1.54) is 22.5 Å². The number of carbonyl (C=O) groups is 1. The van der Waals surface area contributed by atoms with Crippen LogP contribution in [0.1, 0.15) is 15.9 Å². The number of carbonyl (C=O) groups excluding carboxylic acids is 1. The highest BCUT2D eigenvalue weighted by atomic mass is 35.5. The second kappa shape index (κ2) is 8.39. The molecule has 1 aliphatic rings. The van der Waals surface area contributed by atoms with Crippen LogP contribution < -0.4 is 5.32 Å². The maximum absolute atomic E-state index is 12.9. The van der Waals surface area contributed by atoms with Gasteiger partial charge in [-0.2, -0.15) is 4.31 Å².